The van der Waals surface area contributed by atoms with E-state index in [2.05, 4.69) is 20.4 Å². The van der Waals surface area contributed by atoms with Crippen molar-refractivity contribution in [3.8, 4) is 11.4 Å². The highest BCUT2D eigenvalue weighted by atomic mass is 35.5. The molecule has 0 aliphatic rings. The number of halogens is 1. The van der Waals surface area contributed by atoms with Crippen molar-refractivity contribution in [3.63, 3.8) is 0 Å². The predicted octanol–water partition coefficient (Wildman–Crippen LogP) is 1.80. The second kappa shape index (κ2) is 4.38. The molecular formula is C9H6ClN5O2. The van der Waals surface area contributed by atoms with E-state index in [9.17, 15) is 10.1 Å². The summed E-state index contributed by atoms with van der Waals surface area (Å²) in [5.74, 6) is 0.461. The Labute approximate surface area is 101 Å². The zero-order valence-electron chi connectivity index (χ0n) is 8.66. The van der Waals surface area contributed by atoms with Gasteiger partial charge in [-0.2, -0.15) is 0 Å². The average molecular weight is 252 g/mol. The molecule has 1 heterocycles. The molecule has 0 N–H and O–H groups in total. The first kappa shape index (κ1) is 11.3. The molecule has 0 saturated carbocycles. The summed E-state index contributed by atoms with van der Waals surface area (Å²) in [7, 11) is 0. The van der Waals surface area contributed by atoms with Crippen LogP contribution in [0.3, 0.4) is 0 Å². The van der Waals surface area contributed by atoms with E-state index in [4.69, 9.17) is 11.6 Å². The van der Waals surface area contributed by atoms with Crippen molar-refractivity contribution < 1.29 is 4.92 Å². The number of aromatic nitrogens is 4. The molecule has 0 unspecified atom stereocenters. The number of nitro benzene ring substituents is 1. The minimum Gasteiger partial charge on any atom is -0.258 e. The number of hydrogen-bond donors (Lipinski definition) is 0. The molecule has 0 atom stereocenters. The normalized spacial score (nSPS) is 10.2. The molecule has 2 rings (SSSR count). The van der Waals surface area contributed by atoms with Crippen molar-refractivity contribution in [3.05, 3.63) is 39.2 Å². The van der Waals surface area contributed by atoms with Gasteiger partial charge in [-0.1, -0.05) is 11.6 Å². The molecular weight excluding hydrogens is 246 g/mol. The van der Waals surface area contributed by atoms with Gasteiger partial charge in [-0.05, 0) is 19.1 Å². The Morgan fingerprint density at radius 1 is 1.24 bits per heavy atom. The maximum atomic E-state index is 10.8. The standard InChI is InChI=1S/C9H6ClN5O2/c1-5-11-13-9(14-12-5)7-4-6(10)2-3-8(7)15(16)17/h2-4H,1H3. The van der Waals surface area contributed by atoms with Gasteiger partial charge >= 0.3 is 0 Å². The van der Waals surface area contributed by atoms with Crippen LogP contribution >= 0.6 is 11.6 Å². The van der Waals surface area contributed by atoms with Crippen LogP contribution in [0.1, 0.15) is 5.82 Å². The maximum Gasteiger partial charge on any atom is 0.280 e. The topological polar surface area (TPSA) is 94.7 Å². The van der Waals surface area contributed by atoms with Crippen LogP contribution in [0.25, 0.3) is 11.4 Å². The summed E-state index contributed by atoms with van der Waals surface area (Å²) < 4.78 is 0. The van der Waals surface area contributed by atoms with E-state index in [1.807, 2.05) is 0 Å². The summed E-state index contributed by atoms with van der Waals surface area (Å²) >= 11 is 5.78. The van der Waals surface area contributed by atoms with E-state index in [0.717, 1.165) is 0 Å². The lowest BCUT2D eigenvalue weighted by Crippen LogP contribution is -2.01. The molecule has 0 aliphatic carbocycles. The van der Waals surface area contributed by atoms with Gasteiger partial charge in [0.05, 0.1) is 4.92 Å². The summed E-state index contributed by atoms with van der Waals surface area (Å²) in [6.07, 6.45) is 0. The van der Waals surface area contributed by atoms with Crippen LogP contribution in [0.15, 0.2) is 18.2 Å². The SMILES string of the molecule is Cc1nnc(-c2cc(Cl)ccc2[N+](=O)[O-])nn1. The van der Waals surface area contributed by atoms with Crippen molar-refractivity contribution in [1.29, 1.82) is 0 Å². The van der Waals surface area contributed by atoms with Gasteiger partial charge in [0.1, 0.15) is 5.56 Å². The number of aryl methyl sites for hydroxylation is 1. The first-order chi connectivity index (χ1) is 8.08. The van der Waals surface area contributed by atoms with E-state index < -0.39 is 4.92 Å². The van der Waals surface area contributed by atoms with Crippen LogP contribution in [0, 0.1) is 17.0 Å². The smallest absolute Gasteiger partial charge is 0.258 e. The number of nitro groups is 1. The summed E-state index contributed by atoms with van der Waals surface area (Å²) in [6.45, 7) is 1.62. The lowest BCUT2D eigenvalue weighted by atomic mass is 10.2. The fourth-order valence-electron chi connectivity index (χ4n) is 1.23. The molecule has 0 bridgehead atoms. The first-order valence-electron chi connectivity index (χ1n) is 4.56. The molecule has 17 heavy (non-hydrogen) atoms. The zero-order chi connectivity index (χ0) is 12.4. The van der Waals surface area contributed by atoms with Crippen LogP contribution in [0.4, 0.5) is 5.69 Å². The Bertz CT molecular complexity index is 572. The van der Waals surface area contributed by atoms with Crippen molar-refractivity contribution in [2.24, 2.45) is 0 Å². The van der Waals surface area contributed by atoms with Gasteiger partial charge in [-0.25, -0.2) is 0 Å². The summed E-state index contributed by atoms with van der Waals surface area (Å²) in [4.78, 5) is 10.3. The van der Waals surface area contributed by atoms with Gasteiger partial charge in [0.15, 0.2) is 5.82 Å². The van der Waals surface area contributed by atoms with Gasteiger partial charge in [0, 0.05) is 11.1 Å². The van der Waals surface area contributed by atoms with Crippen molar-refractivity contribution >= 4 is 17.3 Å². The zero-order valence-corrected chi connectivity index (χ0v) is 9.42. The van der Waals surface area contributed by atoms with Crippen molar-refractivity contribution in [2.75, 3.05) is 0 Å². The van der Waals surface area contributed by atoms with E-state index in [-0.39, 0.29) is 17.1 Å². The molecule has 2 aromatic rings. The van der Waals surface area contributed by atoms with Gasteiger partial charge in [-0.3, -0.25) is 10.1 Å². The lowest BCUT2D eigenvalue weighted by Gasteiger charge is -2.00. The first-order valence-corrected chi connectivity index (χ1v) is 4.94. The number of hydrogen-bond acceptors (Lipinski definition) is 6. The van der Waals surface area contributed by atoms with Crippen molar-refractivity contribution in [2.45, 2.75) is 6.92 Å². The third-order valence-electron chi connectivity index (χ3n) is 1.98. The fourth-order valence-corrected chi connectivity index (χ4v) is 1.41. The second-order valence-corrected chi connectivity index (χ2v) is 3.63. The van der Waals surface area contributed by atoms with E-state index in [1.54, 1.807) is 6.92 Å². The molecule has 0 aliphatic heterocycles. The molecule has 7 nitrogen and oxygen atoms in total. The van der Waals surface area contributed by atoms with E-state index in [0.29, 0.717) is 10.8 Å². The van der Waals surface area contributed by atoms with E-state index >= 15 is 0 Å². The minimum absolute atomic E-state index is 0.0739. The molecule has 8 heteroatoms. The molecule has 1 aromatic carbocycles. The van der Waals surface area contributed by atoms with E-state index in [1.165, 1.54) is 18.2 Å². The highest BCUT2D eigenvalue weighted by Gasteiger charge is 2.18. The fraction of sp³-hybridized carbons (Fsp3) is 0.111. The third-order valence-corrected chi connectivity index (χ3v) is 2.21. The van der Waals surface area contributed by atoms with Gasteiger partial charge < -0.3 is 0 Å². The summed E-state index contributed by atoms with van der Waals surface area (Å²) in [5.41, 5.74) is 0.0596. The van der Waals surface area contributed by atoms with Crippen LogP contribution in [0.5, 0.6) is 0 Å². The number of nitrogens with zero attached hydrogens (tertiary/aromatic N) is 5. The predicted molar refractivity (Wildman–Crippen MR) is 59.5 cm³/mol. The Kier molecular flexibility index (Phi) is 2.92. The molecule has 86 valence electrons. The van der Waals surface area contributed by atoms with Gasteiger partial charge in [0.2, 0.25) is 5.82 Å². The monoisotopic (exact) mass is 251 g/mol. The number of benzene rings is 1. The molecule has 0 amide bonds. The van der Waals surface area contributed by atoms with Gasteiger partial charge in [0.25, 0.3) is 5.69 Å². The lowest BCUT2D eigenvalue weighted by molar-refractivity contribution is -0.384. The quantitative estimate of drug-likeness (QED) is 0.597. The Hall–Kier alpha value is -2.15. The Balaban J connectivity index is 2.60. The Morgan fingerprint density at radius 2 is 1.88 bits per heavy atom. The Morgan fingerprint density at radius 3 is 2.47 bits per heavy atom. The highest BCUT2D eigenvalue weighted by Crippen LogP contribution is 2.29. The summed E-state index contributed by atoms with van der Waals surface area (Å²) in [5, 5.41) is 26.1. The third kappa shape index (κ3) is 2.34. The van der Waals surface area contributed by atoms with Crippen LogP contribution in [-0.2, 0) is 0 Å². The number of rotatable bonds is 2. The van der Waals surface area contributed by atoms with Crippen molar-refractivity contribution in [1.82, 2.24) is 20.4 Å². The minimum atomic E-state index is -0.533. The average Bonchev–Trinajstić information content (AvgIpc) is 2.29. The molecule has 0 fully saturated rings. The summed E-state index contributed by atoms with van der Waals surface area (Å²) in [6, 6.07) is 4.13. The van der Waals surface area contributed by atoms with Crippen LogP contribution in [-0.4, -0.2) is 25.3 Å². The second-order valence-electron chi connectivity index (χ2n) is 3.19. The highest BCUT2D eigenvalue weighted by molar-refractivity contribution is 6.31. The maximum absolute atomic E-state index is 10.8. The largest absolute Gasteiger partial charge is 0.280 e. The molecule has 1 aromatic heterocycles. The molecule has 0 spiro atoms. The molecule has 0 radical (unpaired) electrons. The molecule has 0 saturated heterocycles. The van der Waals surface area contributed by atoms with Crippen LogP contribution in [0.2, 0.25) is 5.02 Å². The van der Waals surface area contributed by atoms with Gasteiger partial charge in [-0.15, -0.1) is 20.4 Å². The van der Waals surface area contributed by atoms with Crippen LogP contribution < -0.4 is 0 Å².